The fourth-order valence-electron chi connectivity index (χ4n) is 1.48. The van der Waals surface area contributed by atoms with E-state index in [1.807, 2.05) is 6.07 Å². The Labute approximate surface area is 138 Å². The number of anilines is 1. The number of rotatable bonds is 2. The standard InChI is InChI=1S/C13H8Br2ClNOS/c14-7-2-4-10(16)11(5-7)17-13(18)9-3-1-8(15)6-12(9)19/h1-6,19H,(H,17,18). The fraction of sp³-hybridized carbons (Fsp3) is 0. The summed E-state index contributed by atoms with van der Waals surface area (Å²) in [6.45, 7) is 0. The molecule has 2 nitrogen and oxygen atoms in total. The summed E-state index contributed by atoms with van der Waals surface area (Å²) in [5.74, 6) is -0.252. The number of hydrogen-bond donors (Lipinski definition) is 2. The zero-order valence-corrected chi connectivity index (χ0v) is 14.3. The van der Waals surface area contributed by atoms with Crippen LogP contribution in [0.4, 0.5) is 5.69 Å². The van der Waals surface area contributed by atoms with Crippen LogP contribution in [0.25, 0.3) is 0 Å². The number of halogens is 3. The molecule has 2 aromatic rings. The van der Waals surface area contributed by atoms with Crippen LogP contribution < -0.4 is 5.32 Å². The first-order valence-electron chi connectivity index (χ1n) is 5.22. The molecule has 0 atom stereocenters. The molecule has 1 N–H and O–H groups in total. The molecule has 0 aromatic heterocycles. The minimum absolute atomic E-state index is 0.252. The van der Waals surface area contributed by atoms with Crippen molar-refractivity contribution >= 4 is 67.7 Å². The van der Waals surface area contributed by atoms with Crippen molar-refractivity contribution in [3.63, 3.8) is 0 Å². The van der Waals surface area contributed by atoms with E-state index < -0.39 is 0 Å². The Morgan fingerprint density at radius 1 is 1.11 bits per heavy atom. The quantitative estimate of drug-likeness (QED) is 0.624. The minimum atomic E-state index is -0.252. The highest BCUT2D eigenvalue weighted by Crippen LogP contribution is 2.27. The van der Waals surface area contributed by atoms with Gasteiger partial charge >= 0.3 is 0 Å². The van der Waals surface area contributed by atoms with Gasteiger partial charge in [0.2, 0.25) is 0 Å². The number of carbonyl (C=O) groups is 1. The van der Waals surface area contributed by atoms with E-state index in [1.165, 1.54) is 0 Å². The molecule has 0 aliphatic rings. The normalized spacial score (nSPS) is 10.3. The number of benzene rings is 2. The first-order valence-corrected chi connectivity index (χ1v) is 7.63. The van der Waals surface area contributed by atoms with E-state index >= 15 is 0 Å². The maximum atomic E-state index is 12.2. The number of nitrogens with one attached hydrogen (secondary N) is 1. The summed E-state index contributed by atoms with van der Waals surface area (Å²) < 4.78 is 1.71. The molecule has 0 saturated heterocycles. The van der Waals surface area contributed by atoms with Gasteiger partial charge in [-0.25, -0.2) is 0 Å². The molecule has 2 aromatic carbocycles. The molecule has 19 heavy (non-hydrogen) atoms. The summed E-state index contributed by atoms with van der Waals surface area (Å²) >= 11 is 17.0. The lowest BCUT2D eigenvalue weighted by molar-refractivity contribution is 0.102. The van der Waals surface area contributed by atoms with Crippen molar-refractivity contribution in [3.05, 3.63) is 55.9 Å². The van der Waals surface area contributed by atoms with Crippen LogP contribution in [-0.4, -0.2) is 5.91 Å². The molecule has 0 heterocycles. The Morgan fingerprint density at radius 2 is 1.74 bits per heavy atom. The van der Waals surface area contributed by atoms with Gasteiger partial charge in [-0.1, -0.05) is 43.5 Å². The monoisotopic (exact) mass is 419 g/mol. The van der Waals surface area contributed by atoms with Crippen LogP contribution in [0, 0.1) is 0 Å². The van der Waals surface area contributed by atoms with Crippen LogP contribution in [0.5, 0.6) is 0 Å². The molecule has 0 fully saturated rings. The van der Waals surface area contributed by atoms with E-state index in [2.05, 4.69) is 49.8 Å². The Bertz CT molecular complexity index is 649. The van der Waals surface area contributed by atoms with Crippen LogP contribution in [-0.2, 0) is 0 Å². The maximum Gasteiger partial charge on any atom is 0.256 e. The third-order valence-corrected chi connectivity index (χ3v) is 4.07. The summed E-state index contributed by atoms with van der Waals surface area (Å²) in [5.41, 5.74) is 1.04. The average molecular weight is 422 g/mol. The van der Waals surface area contributed by atoms with Crippen molar-refractivity contribution in [1.82, 2.24) is 0 Å². The van der Waals surface area contributed by atoms with E-state index in [0.29, 0.717) is 21.2 Å². The van der Waals surface area contributed by atoms with E-state index in [4.69, 9.17) is 11.6 Å². The third kappa shape index (κ3) is 3.75. The molecule has 0 aliphatic carbocycles. The lowest BCUT2D eigenvalue weighted by atomic mass is 10.2. The zero-order chi connectivity index (χ0) is 14.0. The summed E-state index contributed by atoms with van der Waals surface area (Å²) in [5, 5.41) is 3.24. The second-order valence-electron chi connectivity index (χ2n) is 3.74. The SMILES string of the molecule is O=C(Nc1cc(Br)ccc1Cl)c1ccc(Br)cc1S. The van der Waals surface area contributed by atoms with Crippen molar-refractivity contribution in [2.45, 2.75) is 4.90 Å². The highest BCUT2D eigenvalue weighted by molar-refractivity contribution is 9.10. The molecule has 0 unspecified atom stereocenters. The second-order valence-corrected chi connectivity index (χ2v) is 6.46. The summed E-state index contributed by atoms with van der Waals surface area (Å²) in [4.78, 5) is 12.8. The molecule has 0 aliphatic heterocycles. The Balaban J connectivity index is 2.28. The highest BCUT2D eigenvalue weighted by atomic mass is 79.9. The van der Waals surface area contributed by atoms with Gasteiger partial charge in [0.05, 0.1) is 16.3 Å². The molecule has 0 spiro atoms. The molecule has 98 valence electrons. The van der Waals surface area contributed by atoms with Gasteiger partial charge in [0.1, 0.15) is 0 Å². The van der Waals surface area contributed by atoms with Crippen LogP contribution in [0.2, 0.25) is 5.02 Å². The van der Waals surface area contributed by atoms with Gasteiger partial charge in [-0.15, -0.1) is 12.6 Å². The Morgan fingerprint density at radius 3 is 2.42 bits per heavy atom. The first-order chi connectivity index (χ1) is 8.97. The lowest BCUT2D eigenvalue weighted by Gasteiger charge is -2.09. The van der Waals surface area contributed by atoms with Crippen LogP contribution in [0.3, 0.4) is 0 Å². The zero-order valence-electron chi connectivity index (χ0n) is 9.45. The topological polar surface area (TPSA) is 29.1 Å². The fourth-order valence-corrected chi connectivity index (χ4v) is 2.86. The van der Waals surface area contributed by atoms with Gasteiger partial charge in [-0.3, -0.25) is 4.79 Å². The van der Waals surface area contributed by atoms with E-state index in [0.717, 1.165) is 8.95 Å². The first kappa shape index (κ1) is 14.9. The molecular formula is C13H8Br2ClNOS. The van der Waals surface area contributed by atoms with Gasteiger partial charge in [0, 0.05) is 13.8 Å². The van der Waals surface area contributed by atoms with Crippen molar-refractivity contribution in [1.29, 1.82) is 0 Å². The highest BCUT2D eigenvalue weighted by Gasteiger charge is 2.12. The van der Waals surface area contributed by atoms with Crippen molar-refractivity contribution in [2.75, 3.05) is 5.32 Å². The predicted molar refractivity (Wildman–Crippen MR) is 88.5 cm³/mol. The number of amides is 1. The largest absolute Gasteiger partial charge is 0.321 e. The summed E-state index contributed by atoms with van der Waals surface area (Å²) in [6.07, 6.45) is 0. The number of thiol groups is 1. The summed E-state index contributed by atoms with van der Waals surface area (Å²) in [6, 6.07) is 10.5. The van der Waals surface area contributed by atoms with Crippen LogP contribution in [0.1, 0.15) is 10.4 Å². The third-order valence-electron chi connectivity index (χ3n) is 2.38. The summed E-state index contributed by atoms with van der Waals surface area (Å²) in [7, 11) is 0. The van der Waals surface area contributed by atoms with Crippen molar-refractivity contribution in [2.24, 2.45) is 0 Å². The number of carbonyl (C=O) groups excluding carboxylic acids is 1. The Hall–Kier alpha value is -0.490. The van der Waals surface area contributed by atoms with Gasteiger partial charge in [0.25, 0.3) is 5.91 Å². The molecule has 1 amide bonds. The van der Waals surface area contributed by atoms with E-state index in [1.54, 1.807) is 30.3 Å². The maximum absolute atomic E-state index is 12.2. The predicted octanol–water partition coefficient (Wildman–Crippen LogP) is 5.41. The molecule has 2 rings (SSSR count). The molecule has 0 bridgehead atoms. The van der Waals surface area contributed by atoms with Gasteiger partial charge in [-0.2, -0.15) is 0 Å². The molecule has 0 saturated carbocycles. The molecule has 0 radical (unpaired) electrons. The van der Waals surface area contributed by atoms with Gasteiger partial charge < -0.3 is 5.32 Å². The van der Waals surface area contributed by atoms with Crippen LogP contribution >= 0.6 is 56.1 Å². The average Bonchev–Trinajstić information content (AvgIpc) is 2.33. The van der Waals surface area contributed by atoms with E-state index in [9.17, 15) is 4.79 Å². The van der Waals surface area contributed by atoms with Crippen LogP contribution in [0.15, 0.2) is 50.2 Å². The van der Waals surface area contributed by atoms with Crippen molar-refractivity contribution in [3.8, 4) is 0 Å². The minimum Gasteiger partial charge on any atom is -0.321 e. The van der Waals surface area contributed by atoms with Gasteiger partial charge in [-0.05, 0) is 36.4 Å². The number of hydrogen-bond acceptors (Lipinski definition) is 2. The second kappa shape index (κ2) is 6.31. The van der Waals surface area contributed by atoms with E-state index in [-0.39, 0.29) is 5.91 Å². The molecular weight excluding hydrogens is 413 g/mol. The lowest BCUT2D eigenvalue weighted by Crippen LogP contribution is -2.13. The van der Waals surface area contributed by atoms with Gasteiger partial charge in [0.15, 0.2) is 0 Å². The Kier molecular flexibility index (Phi) is 4.95. The molecule has 6 heteroatoms. The smallest absolute Gasteiger partial charge is 0.256 e. The van der Waals surface area contributed by atoms with Crippen molar-refractivity contribution < 1.29 is 4.79 Å².